The Hall–Kier alpha value is -2.71. The molecule has 4 aromatic heterocycles. The number of H-pyrrole nitrogens is 1. The van der Waals surface area contributed by atoms with Crippen LogP contribution in [0.15, 0.2) is 12.5 Å². The minimum Gasteiger partial charge on any atom is -0.369 e. The molecule has 1 saturated carbocycles. The van der Waals surface area contributed by atoms with E-state index >= 15 is 0 Å². The summed E-state index contributed by atoms with van der Waals surface area (Å²) in [6.07, 6.45) is 8.53. The fraction of sp³-hybridized carbons (Fsp3) is 0.536. The topological polar surface area (TPSA) is 92.3 Å². The van der Waals surface area contributed by atoms with E-state index in [0.717, 1.165) is 18.6 Å². The number of carbonyl (C=O) groups excluding carboxylic acids is 1. The van der Waals surface area contributed by atoms with Crippen molar-refractivity contribution >= 4 is 33.1 Å². The third kappa shape index (κ3) is 3.68. The maximum absolute atomic E-state index is 11.7. The summed E-state index contributed by atoms with van der Waals surface area (Å²) in [6, 6.07) is 0.459. The van der Waals surface area contributed by atoms with Gasteiger partial charge in [-0.25, -0.2) is 9.50 Å². The molecule has 0 aromatic carbocycles. The van der Waals surface area contributed by atoms with Gasteiger partial charge in [0, 0.05) is 34.6 Å². The van der Waals surface area contributed by atoms with Crippen LogP contribution < -0.4 is 5.73 Å². The number of carbonyl (C=O) groups is 1. The Morgan fingerprint density at radius 3 is 2.75 bits per heavy atom. The number of pyridine rings is 1. The number of aromatic nitrogens is 4. The summed E-state index contributed by atoms with van der Waals surface area (Å²) in [5.41, 5.74) is 14.2. The van der Waals surface area contributed by atoms with Crippen molar-refractivity contribution in [2.45, 2.75) is 78.2 Å². The molecule has 4 aromatic rings. The predicted octanol–water partition coefficient (Wildman–Crippen LogP) is 5.43. The van der Waals surface area contributed by atoms with Crippen LogP contribution in [0, 0.1) is 26.7 Å². The Balaban J connectivity index is 1.44. The van der Waals surface area contributed by atoms with E-state index < -0.39 is 0 Å². The number of hydrogen-bond donors (Lipinski definition) is 2. The Labute approximate surface area is 216 Å². The van der Waals surface area contributed by atoms with Crippen molar-refractivity contribution in [2.24, 2.45) is 11.7 Å². The minimum absolute atomic E-state index is 0.205. The third-order valence-electron chi connectivity index (χ3n) is 8.76. The van der Waals surface area contributed by atoms with E-state index in [2.05, 4.69) is 60.8 Å². The summed E-state index contributed by atoms with van der Waals surface area (Å²) < 4.78 is 1.90. The Morgan fingerprint density at radius 2 is 2.00 bits per heavy atom. The standard InChI is InChI=1S/C28H36N6OS/c1-14(2)23-24-17(5)26(19-8-18-6-7-20(9-19)33(10-18)12-22(29)35)36-28(24)32-25(23)21-11-34-27(30-13-31-34)16(4)15(21)3/h11,13-14,18-20,32H,6-10,12H2,1-5H3,(H2,29,35)/t18?,19-,20+/m1/s1. The van der Waals surface area contributed by atoms with E-state index in [1.54, 1.807) is 6.33 Å². The molecule has 3 N–H and O–H groups in total. The van der Waals surface area contributed by atoms with Gasteiger partial charge >= 0.3 is 0 Å². The number of aromatic amines is 1. The zero-order chi connectivity index (χ0) is 25.3. The summed E-state index contributed by atoms with van der Waals surface area (Å²) >= 11 is 1.95. The van der Waals surface area contributed by atoms with Gasteiger partial charge in [-0.15, -0.1) is 11.3 Å². The average Bonchev–Trinajstić information content (AvgIpc) is 3.44. The number of fused-ring (bicyclic) bond motifs is 6. The van der Waals surface area contributed by atoms with Crippen molar-refractivity contribution in [3.05, 3.63) is 39.7 Å². The molecule has 2 saturated heterocycles. The second-order valence-corrected chi connectivity index (χ2v) is 12.4. The van der Waals surface area contributed by atoms with E-state index in [4.69, 9.17) is 5.73 Å². The molecule has 1 amide bonds. The number of hydrogen-bond acceptors (Lipinski definition) is 5. The van der Waals surface area contributed by atoms with Crippen LogP contribution in [0.25, 0.3) is 27.1 Å². The molecular formula is C28H36N6OS. The van der Waals surface area contributed by atoms with Gasteiger partial charge in [0.1, 0.15) is 11.2 Å². The quantitative estimate of drug-likeness (QED) is 0.379. The van der Waals surface area contributed by atoms with Crippen LogP contribution in [0.5, 0.6) is 0 Å². The first-order valence-electron chi connectivity index (χ1n) is 13.2. The molecule has 0 spiro atoms. The highest BCUT2D eigenvalue weighted by molar-refractivity contribution is 7.19. The first-order valence-corrected chi connectivity index (χ1v) is 14.0. The molecule has 190 valence electrons. The number of nitrogens with zero attached hydrogens (tertiary/aromatic N) is 4. The molecule has 6 heterocycles. The van der Waals surface area contributed by atoms with Crippen LogP contribution in [0.4, 0.5) is 0 Å². The number of amides is 1. The van der Waals surface area contributed by atoms with E-state index in [-0.39, 0.29) is 5.91 Å². The smallest absolute Gasteiger partial charge is 0.231 e. The van der Waals surface area contributed by atoms with E-state index in [9.17, 15) is 4.79 Å². The van der Waals surface area contributed by atoms with Crippen molar-refractivity contribution in [2.75, 3.05) is 13.1 Å². The summed E-state index contributed by atoms with van der Waals surface area (Å²) in [4.78, 5) is 25.1. The number of aryl methyl sites for hydroxylation is 2. The summed E-state index contributed by atoms with van der Waals surface area (Å²) in [7, 11) is 0. The largest absolute Gasteiger partial charge is 0.369 e. The highest BCUT2D eigenvalue weighted by atomic mass is 32.1. The minimum atomic E-state index is -0.205. The van der Waals surface area contributed by atoms with Gasteiger partial charge in [0.15, 0.2) is 5.65 Å². The number of piperidine rings is 1. The van der Waals surface area contributed by atoms with Crippen LogP contribution in [0.2, 0.25) is 0 Å². The fourth-order valence-electron chi connectivity index (χ4n) is 6.96. The number of thiophene rings is 1. The van der Waals surface area contributed by atoms with Crippen molar-refractivity contribution in [3.63, 3.8) is 0 Å². The molecule has 3 atom stereocenters. The summed E-state index contributed by atoms with van der Waals surface area (Å²) in [6.45, 7) is 12.7. The zero-order valence-corrected chi connectivity index (χ0v) is 22.7. The monoisotopic (exact) mass is 504 g/mol. The normalized spacial score (nSPS) is 22.8. The van der Waals surface area contributed by atoms with Crippen LogP contribution in [0.3, 0.4) is 0 Å². The lowest BCUT2D eigenvalue weighted by atomic mass is 9.89. The molecule has 1 aliphatic carbocycles. The van der Waals surface area contributed by atoms with Gasteiger partial charge in [0.2, 0.25) is 5.91 Å². The summed E-state index contributed by atoms with van der Waals surface area (Å²) in [5.74, 6) is 1.37. The summed E-state index contributed by atoms with van der Waals surface area (Å²) in [5, 5.41) is 5.83. The molecule has 2 aliphatic heterocycles. The molecule has 36 heavy (non-hydrogen) atoms. The average molecular weight is 505 g/mol. The SMILES string of the molecule is Cc1c(-c2[nH]c3sc([C@@H]4CC5CC[C@@H](C4)N(CC(N)=O)C5)c(C)c3c2C(C)C)cn2ncnc2c1C. The molecule has 1 unspecified atom stereocenters. The van der Waals surface area contributed by atoms with Gasteiger partial charge in [-0.05, 0) is 86.5 Å². The maximum Gasteiger partial charge on any atom is 0.231 e. The van der Waals surface area contributed by atoms with Crippen molar-refractivity contribution < 1.29 is 4.79 Å². The molecule has 0 radical (unpaired) electrons. The van der Waals surface area contributed by atoms with Crippen molar-refractivity contribution in [1.82, 2.24) is 24.5 Å². The number of rotatable bonds is 5. The highest BCUT2D eigenvalue weighted by Gasteiger charge is 2.38. The molecule has 3 aliphatic rings. The second kappa shape index (κ2) is 8.70. The molecular weight excluding hydrogens is 468 g/mol. The lowest BCUT2D eigenvalue weighted by Crippen LogP contribution is -2.45. The molecule has 3 fully saturated rings. The van der Waals surface area contributed by atoms with E-state index in [1.165, 1.54) is 67.9 Å². The number of nitrogens with two attached hydrogens (primary N) is 1. The lowest BCUT2D eigenvalue weighted by Gasteiger charge is -2.35. The van der Waals surface area contributed by atoms with Crippen molar-refractivity contribution in [1.29, 1.82) is 0 Å². The second-order valence-electron chi connectivity index (χ2n) is 11.3. The van der Waals surface area contributed by atoms with Crippen LogP contribution >= 0.6 is 11.3 Å². The van der Waals surface area contributed by atoms with Gasteiger partial charge in [-0.1, -0.05) is 13.8 Å². The molecule has 7 nitrogen and oxygen atoms in total. The first kappa shape index (κ1) is 23.7. The lowest BCUT2D eigenvalue weighted by molar-refractivity contribution is -0.120. The molecule has 8 heteroatoms. The Bertz CT molecular complexity index is 1480. The van der Waals surface area contributed by atoms with Gasteiger partial charge < -0.3 is 10.7 Å². The highest BCUT2D eigenvalue weighted by Crippen LogP contribution is 2.49. The van der Waals surface area contributed by atoms with E-state index in [0.29, 0.717) is 30.3 Å². The van der Waals surface area contributed by atoms with Crippen LogP contribution in [-0.4, -0.2) is 49.5 Å². The number of primary amides is 1. The Kier molecular flexibility index (Phi) is 5.72. The first-order chi connectivity index (χ1) is 17.2. The fourth-order valence-corrected chi connectivity index (χ4v) is 8.31. The van der Waals surface area contributed by atoms with E-state index in [1.807, 2.05) is 15.9 Å². The number of nitrogens with one attached hydrogen (secondary N) is 1. The van der Waals surface area contributed by atoms with Crippen molar-refractivity contribution in [3.8, 4) is 11.3 Å². The van der Waals surface area contributed by atoms with Gasteiger partial charge in [-0.2, -0.15) is 5.10 Å². The van der Waals surface area contributed by atoms with Gasteiger partial charge in [0.25, 0.3) is 0 Å². The van der Waals surface area contributed by atoms with Crippen LogP contribution in [0.1, 0.15) is 78.5 Å². The maximum atomic E-state index is 11.7. The molecule has 7 rings (SSSR count). The molecule has 2 bridgehead atoms. The zero-order valence-electron chi connectivity index (χ0n) is 21.9. The van der Waals surface area contributed by atoms with Gasteiger partial charge in [0.05, 0.1) is 12.2 Å². The predicted molar refractivity (Wildman–Crippen MR) is 146 cm³/mol. The van der Waals surface area contributed by atoms with Gasteiger partial charge in [-0.3, -0.25) is 9.69 Å². The third-order valence-corrected chi connectivity index (χ3v) is 10.1. The Morgan fingerprint density at radius 1 is 1.19 bits per heavy atom. The van der Waals surface area contributed by atoms with Crippen LogP contribution in [-0.2, 0) is 4.79 Å².